The van der Waals surface area contributed by atoms with Gasteiger partial charge in [-0.3, -0.25) is 0 Å². The van der Waals surface area contributed by atoms with Gasteiger partial charge in [-0.1, -0.05) is 0 Å². The molecule has 0 unspecified atom stereocenters. The van der Waals surface area contributed by atoms with E-state index in [4.69, 9.17) is 14.2 Å². The van der Waals surface area contributed by atoms with E-state index in [1.54, 1.807) is 0 Å². The summed E-state index contributed by atoms with van der Waals surface area (Å²) in [7, 11) is -0.711. The standard InChI is InChI=1S/C40H64O6SeSi/c1-11-48(12-2,13-3)37(47-29-17-15-14-16-18-29)35-34(36(41)44-10)40(35,38(42)45-32-23-27(8)19-21-30(32)25(4)5)39(43)46-33-24-28(9)20-22-31(33)26(6)7/h14-18,25-28,30-35,37H,11-13,19-24H2,1-10H3/t27-,28-,30+,31+,32-,33-,34+,35-,37-/m1/s1. The van der Waals surface area contributed by atoms with Crippen LogP contribution in [0.3, 0.4) is 0 Å². The molecular weight excluding hydrogens is 683 g/mol. The van der Waals surface area contributed by atoms with Crippen LogP contribution in [0.15, 0.2) is 30.3 Å². The molecule has 0 amide bonds. The molecule has 8 heteroatoms. The maximum absolute atomic E-state index is 15.1. The normalized spacial score (nSPS) is 30.8. The summed E-state index contributed by atoms with van der Waals surface area (Å²) in [4.78, 5) is 44.2. The molecule has 3 saturated carbocycles. The molecule has 0 radical (unpaired) electrons. The molecule has 1 aromatic carbocycles. The molecule has 0 spiro atoms. The average Bonchev–Trinajstić information content (AvgIpc) is 3.76. The molecule has 3 aliphatic rings. The molecule has 0 aromatic heterocycles. The molecule has 0 aliphatic heterocycles. The third-order valence-corrected chi connectivity index (χ3v) is 24.7. The summed E-state index contributed by atoms with van der Waals surface area (Å²) in [5, 5.41) is 0. The third kappa shape index (κ3) is 7.81. The van der Waals surface area contributed by atoms with Gasteiger partial charge in [-0.15, -0.1) is 0 Å². The van der Waals surface area contributed by atoms with Crippen LogP contribution in [0.25, 0.3) is 0 Å². The second-order valence-electron chi connectivity index (χ2n) is 16.2. The van der Waals surface area contributed by atoms with E-state index in [-0.39, 0.29) is 43.4 Å². The number of hydrogen-bond donors (Lipinski definition) is 0. The van der Waals surface area contributed by atoms with Crippen molar-refractivity contribution in [1.29, 1.82) is 0 Å². The molecule has 0 bridgehead atoms. The van der Waals surface area contributed by atoms with Gasteiger partial charge in [-0.2, -0.15) is 0 Å². The second-order valence-corrected chi connectivity index (χ2v) is 25.2. The summed E-state index contributed by atoms with van der Waals surface area (Å²) in [5.74, 6) is -0.972. The predicted molar refractivity (Wildman–Crippen MR) is 197 cm³/mol. The Labute approximate surface area is 298 Å². The van der Waals surface area contributed by atoms with Crippen molar-refractivity contribution in [3.8, 4) is 0 Å². The van der Waals surface area contributed by atoms with Gasteiger partial charge in [0.2, 0.25) is 0 Å². The monoisotopic (exact) mass is 748 g/mol. The van der Waals surface area contributed by atoms with E-state index in [1.807, 2.05) is 6.07 Å². The van der Waals surface area contributed by atoms with E-state index in [9.17, 15) is 4.79 Å². The van der Waals surface area contributed by atoms with E-state index in [1.165, 1.54) is 11.6 Å². The van der Waals surface area contributed by atoms with E-state index >= 15 is 9.59 Å². The molecule has 9 atom stereocenters. The van der Waals surface area contributed by atoms with Crippen LogP contribution in [0.2, 0.25) is 22.6 Å². The maximum atomic E-state index is 15.1. The zero-order valence-electron chi connectivity index (χ0n) is 31.5. The van der Waals surface area contributed by atoms with Crippen molar-refractivity contribution in [2.45, 2.75) is 136 Å². The molecule has 270 valence electrons. The van der Waals surface area contributed by atoms with Crippen molar-refractivity contribution in [1.82, 2.24) is 0 Å². The van der Waals surface area contributed by atoms with Gasteiger partial charge in [0.25, 0.3) is 0 Å². The second kappa shape index (κ2) is 16.6. The van der Waals surface area contributed by atoms with Gasteiger partial charge in [-0.25, -0.2) is 0 Å². The first-order chi connectivity index (χ1) is 22.8. The Morgan fingerprint density at radius 3 is 1.65 bits per heavy atom. The summed E-state index contributed by atoms with van der Waals surface area (Å²) in [6.07, 6.45) is 5.17. The van der Waals surface area contributed by atoms with Gasteiger partial charge in [0.05, 0.1) is 0 Å². The van der Waals surface area contributed by atoms with Crippen LogP contribution in [0.4, 0.5) is 0 Å². The van der Waals surface area contributed by atoms with Crippen LogP contribution in [0.1, 0.15) is 101 Å². The fraction of sp³-hybridized carbons (Fsp3) is 0.775. The van der Waals surface area contributed by atoms with Gasteiger partial charge in [0, 0.05) is 0 Å². The van der Waals surface area contributed by atoms with Gasteiger partial charge in [0.15, 0.2) is 0 Å². The fourth-order valence-corrected chi connectivity index (χ4v) is 21.4. The molecule has 1 aromatic rings. The summed E-state index contributed by atoms with van der Waals surface area (Å²) >= 11 is -0.0611. The van der Waals surface area contributed by atoms with E-state index < -0.39 is 43.2 Å². The first-order valence-electron chi connectivity index (χ1n) is 19.0. The van der Waals surface area contributed by atoms with Crippen molar-refractivity contribution in [3.63, 3.8) is 0 Å². The van der Waals surface area contributed by atoms with Crippen molar-refractivity contribution in [2.75, 3.05) is 7.11 Å². The van der Waals surface area contributed by atoms with Crippen LogP contribution in [0, 0.1) is 52.8 Å². The van der Waals surface area contributed by atoms with E-state index in [0.717, 1.165) is 56.7 Å². The summed E-state index contributed by atoms with van der Waals surface area (Å²) in [6, 6.07) is 13.5. The van der Waals surface area contributed by atoms with E-state index in [2.05, 4.69) is 86.6 Å². The van der Waals surface area contributed by atoms with Crippen molar-refractivity contribution >= 4 is 45.4 Å². The van der Waals surface area contributed by atoms with Crippen molar-refractivity contribution in [2.24, 2.45) is 52.8 Å². The van der Waals surface area contributed by atoms with Crippen LogP contribution >= 0.6 is 0 Å². The summed E-state index contributed by atoms with van der Waals surface area (Å²) in [6.45, 7) is 20.0. The minimum atomic E-state index is -2.10. The number of methoxy groups -OCH3 is 1. The van der Waals surface area contributed by atoms with Crippen molar-refractivity contribution < 1.29 is 28.6 Å². The third-order valence-electron chi connectivity index (χ3n) is 12.9. The zero-order chi connectivity index (χ0) is 35.4. The first-order valence-corrected chi connectivity index (χ1v) is 23.6. The summed E-state index contributed by atoms with van der Waals surface area (Å²) < 4.78 is 20.0. The van der Waals surface area contributed by atoms with E-state index in [0.29, 0.717) is 23.7 Å². The first kappa shape index (κ1) is 39.2. The molecular formula is C40H64O6SeSi. The van der Waals surface area contributed by atoms with Gasteiger partial charge >= 0.3 is 300 Å². The topological polar surface area (TPSA) is 78.9 Å². The number of hydrogen-bond acceptors (Lipinski definition) is 6. The SMILES string of the molecule is CC[Si](CC)(CC)[C@@H]([Se]c1ccccc1)[C@H]1[C@@H](C(=O)OC)C1(C(=O)O[C@@H]1C[C@H](C)CC[C@H]1C(C)C)C(=O)O[C@@H]1C[C@H](C)CC[C@H]1C(C)C. The number of carbonyl (C=O) groups excluding carboxylic acids is 3. The van der Waals surface area contributed by atoms with Gasteiger partial charge in [-0.05, 0) is 0 Å². The van der Waals surface area contributed by atoms with Crippen LogP contribution in [-0.4, -0.2) is 60.3 Å². The zero-order valence-corrected chi connectivity index (χ0v) is 34.2. The number of ether oxygens (including phenoxy) is 3. The Kier molecular flexibility index (Phi) is 13.5. The van der Waals surface area contributed by atoms with Gasteiger partial charge < -0.3 is 0 Å². The Morgan fingerprint density at radius 2 is 1.25 bits per heavy atom. The number of benzene rings is 1. The number of rotatable bonds is 14. The molecule has 6 nitrogen and oxygen atoms in total. The Morgan fingerprint density at radius 1 is 0.792 bits per heavy atom. The van der Waals surface area contributed by atoms with Gasteiger partial charge in [0.1, 0.15) is 0 Å². The van der Waals surface area contributed by atoms with Crippen molar-refractivity contribution in [3.05, 3.63) is 30.3 Å². The Hall–Kier alpha value is -1.63. The van der Waals surface area contributed by atoms with Crippen LogP contribution in [0.5, 0.6) is 0 Å². The summed E-state index contributed by atoms with van der Waals surface area (Å²) in [5.41, 5.74) is -1.68. The molecule has 0 heterocycles. The Balaban J connectivity index is 1.87. The van der Waals surface area contributed by atoms with Crippen LogP contribution < -0.4 is 4.46 Å². The van der Waals surface area contributed by atoms with Crippen LogP contribution in [-0.2, 0) is 28.6 Å². The Bertz CT molecular complexity index is 1180. The molecule has 3 aliphatic carbocycles. The molecule has 48 heavy (non-hydrogen) atoms. The number of carbonyl (C=O) groups is 3. The quantitative estimate of drug-likeness (QED) is 0.0826. The number of esters is 3. The minimum absolute atomic E-state index is 0.0611. The fourth-order valence-electron chi connectivity index (χ4n) is 9.45. The molecule has 0 saturated heterocycles. The molecule has 4 rings (SSSR count). The molecule has 3 fully saturated rings. The predicted octanol–water partition coefficient (Wildman–Crippen LogP) is 8.27. The average molecular weight is 748 g/mol. The molecule has 0 N–H and O–H groups in total.